The molecule has 0 atom stereocenters. The Hall–Kier alpha value is -3.26. The minimum atomic E-state index is -0.455. The lowest BCUT2D eigenvalue weighted by Gasteiger charge is -2.03. The molecule has 0 fully saturated rings. The van der Waals surface area contributed by atoms with Crippen LogP contribution in [0, 0.1) is 6.92 Å². The van der Waals surface area contributed by atoms with Gasteiger partial charge in [0.15, 0.2) is 12.3 Å². The molecular formula is C18H13N3O4S. The number of rotatable bonds is 5. The molecule has 0 N–H and O–H groups in total. The summed E-state index contributed by atoms with van der Waals surface area (Å²) >= 11 is 1.53. The highest BCUT2D eigenvalue weighted by atomic mass is 32.1. The number of hydrogen-bond acceptors (Lipinski definition) is 8. The van der Waals surface area contributed by atoms with Crippen molar-refractivity contribution >= 4 is 29.3 Å². The molecule has 1 aromatic carbocycles. The molecule has 3 aromatic rings. The van der Waals surface area contributed by atoms with Crippen LogP contribution in [-0.2, 0) is 16.1 Å². The first kappa shape index (κ1) is 16.2. The van der Waals surface area contributed by atoms with Gasteiger partial charge in [0.25, 0.3) is 0 Å². The third-order valence-corrected chi connectivity index (χ3v) is 4.52. The number of cyclic esters (lactones) is 1. The second-order valence-corrected chi connectivity index (χ2v) is 6.74. The van der Waals surface area contributed by atoms with Crippen LogP contribution in [0.5, 0.6) is 5.75 Å². The highest BCUT2D eigenvalue weighted by molar-refractivity contribution is 7.14. The number of aryl methyl sites for hydroxylation is 1. The average molecular weight is 367 g/mol. The number of aromatic nitrogens is 2. The maximum atomic E-state index is 12.0. The van der Waals surface area contributed by atoms with Crippen LogP contribution in [0.2, 0.25) is 0 Å². The smallest absolute Gasteiger partial charge is 0.363 e. The Morgan fingerprint density at radius 1 is 1.19 bits per heavy atom. The number of carbonyl (C=O) groups is 1. The van der Waals surface area contributed by atoms with Crippen LogP contribution in [0.1, 0.15) is 21.1 Å². The molecule has 0 unspecified atom stereocenters. The Morgan fingerprint density at radius 2 is 2.04 bits per heavy atom. The largest absolute Gasteiger partial charge is 0.485 e. The van der Waals surface area contributed by atoms with Crippen molar-refractivity contribution in [2.75, 3.05) is 0 Å². The number of benzene rings is 1. The van der Waals surface area contributed by atoms with Crippen LogP contribution in [0.15, 0.2) is 58.0 Å². The summed E-state index contributed by atoms with van der Waals surface area (Å²) in [5, 5.41) is 3.67. The predicted octanol–water partition coefficient (Wildman–Crippen LogP) is 3.36. The average Bonchev–Trinajstić information content (AvgIpc) is 3.37. The number of carbonyl (C=O) groups excluding carboxylic acids is 1. The Labute approximate surface area is 152 Å². The fourth-order valence-electron chi connectivity index (χ4n) is 2.29. The van der Waals surface area contributed by atoms with E-state index in [9.17, 15) is 4.79 Å². The summed E-state index contributed by atoms with van der Waals surface area (Å²) in [6.45, 7) is 2.21. The quantitative estimate of drug-likeness (QED) is 0.508. The zero-order valence-corrected chi connectivity index (χ0v) is 14.5. The Morgan fingerprint density at radius 3 is 2.73 bits per heavy atom. The van der Waals surface area contributed by atoms with Gasteiger partial charge in [-0.25, -0.2) is 9.79 Å². The Balaban J connectivity index is 1.47. The molecule has 0 bridgehead atoms. The van der Waals surface area contributed by atoms with E-state index in [0.29, 0.717) is 17.5 Å². The highest BCUT2D eigenvalue weighted by Gasteiger charge is 2.24. The van der Waals surface area contributed by atoms with E-state index < -0.39 is 5.97 Å². The molecule has 4 rings (SSSR count). The maximum Gasteiger partial charge on any atom is 0.363 e. The zero-order chi connectivity index (χ0) is 17.9. The van der Waals surface area contributed by atoms with Crippen molar-refractivity contribution in [1.82, 2.24) is 10.1 Å². The first-order valence-corrected chi connectivity index (χ1v) is 8.56. The van der Waals surface area contributed by atoms with Crippen molar-refractivity contribution in [3.63, 3.8) is 0 Å². The zero-order valence-electron chi connectivity index (χ0n) is 13.7. The molecule has 130 valence electrons. The molecule has 0 aliphatic carbocycles. The third-order valence-electron chi connectivity index (χ3n) is 3.53. The van der Waals surface area contributed by atoms with Crippen molar-refractivity contribution in [3.05, 3.63) is 69.6 Å². The SMILES string of the molecule is Cc1ccc(C2=N/C(=C/c3ccc(OCc4ncon4)cc3)C(=O)O2)s1. The van der Waals surface area contributed by atoms with Gasteiger partial charge in [0, 0.05) is 4.88 Å². The van der Waals surface area contributed by atoms with E-state index >= 15 is 0 Å². The molecule has 0 radical (unpaired) electrons. The minimum absolute atomic E-state index is 0.219. The fraction of sp³-hybridized carbons (Fsp3) is 0.111. The van der Waals surface area contributed by atoms with Gasteiger partial charge in [0.1, 0.15) is 5.75 Å². The monoisotopic (exact) mass is 367 g/mol. The van der Waals surface area contributed by atoms with Gasteiger partial charge >= 0.3 is 5.97 Å². The van der Waals surface area contributed by atoms with E-state index in [1.165, 1.54) is 17.7 Å². The topological polar surface area (TPSA) is 86.8 Å². The van der Waals surface area contributed by atoms with Gasteiger partial charge in [-0.2, -0.15) is 4.98 Å². The number of thiophene rings is 1. The number of aliphatic imine (C=N–C) groups is 1. The molecule has 1 aliphatic heterocycles. The molecule has 0 saturated heterocycles. The van der Waals surface area contributed by atoms with E-state index in [1.54, 1.807) is 18.2 Å². The number of esters is 1. The summed E-state index contributed by atoms with van der Waals surface area (Å²) < 4.78 is 15.4. The van der Waals surface area contributed by atoms with Crippen molar-refractivity contribution < 1.29 is 18.8 Å². The van der Waals surface area contributed by atoms with Gasteiger partial charge in [-0.1, -0.05) is 17.3 Å². The molecule has 0 amide bonds. The molecule has 1 aliphatic rings. The molecule has 0 saturated carbocycles. The number of ether oxygens (including phenoxy) is 2. The second-order valence-electron chi connectivity index (χ2n) is 5.45. The van der Waals surface area contributed by atoms with Crippen LogP contribution in [0.25, 0.3) is 6.08 Å². The summed E-state index contributed by atoms with van der Waals surface area (Å²) in [6, 6.07) is 11.1. The van der Waals surface area contributed by atoms with Crippen LogP contribution in [0.3, 0.4) is 0 Å². The number of hydrogen-bond donors (Lipinski definition) is 0. The minimum Gasteiger partial charge on any atom is -0.485 e. The van der Waals surface area contributed by atoms with Gasteiger partial charge in [0.2, 0.25) is 18.1 Å². The van der Waals surface area contributed by atoms with Crippen molar-refractivity contribution in [1.29, 1.82) is 0 Å². The normalized spacial score (nSPS) is 15.2. The summed E-state index contributed by atoms with van der Waals surface area (Å²) in [7, 11) is 0. The predicted molar refractivity (Wildman–Crippen MR) is 94.7 cm³/mol. The standard InChI is InChI=1S/C18H13N3O4S/c1-11-2-7-15(26-11)17-20-14(18(22)25-17)8-12-3-5-13(6-4-12)23-9-16-19-10-24-21-16/h2-8,10H,9H2,1H3/b14-8+. The first-order chi connectivity index (χ1) is 12.7. The van der Waals surface area contributed by atoms with Crippen molar-refractivity contribution in [2.24, 2.45) is 4.99 Å². The maximum absolute atomic E-state index is 12.0. The molecule has 7 nitrogen and oxygen atoms in total. The molecule has 3 heterocycles. The fourth-order valence-corrected chi connectivity index (χ4v) is 3.08. The lowest BCUT2D eigenvalue weighted by Crippen LogP contribution is -2.03. The van der Waals surface area contributed by atoms with Crippen molar-refractivity contribution in [2.45, 2.75) is 13.5 Å². The van der Waals surface area contributed by atoms with Crippen LogP contribution < -0.4 is 4.74 Å². The van der Waals surface area contributed by atoms with Gasteiger partial charge in [-0.05, 0) is 42.8 Å². The van der Waals surface area contributed by atoms with Crippen LogP contribution in [-0.4, -0.2) is 22.0 Å². The van der Waals surface area contributed by atoms with Crippen LogP contribution in [0.4, 0.5) is 0 Å². The summed E-state index contributed by atoms with van der Waals surface area (Å²) in [4.78, 5) is 22.2. The van der Waals surface area contributed by atoms with E-state index in [2.05, 4.69) is 19.7 Å². The van der Waals surface area contributed by atoms with Gasteiger partial charge in [-0.15, -0.1) is 11.3 Å². The number of nitrogens with zero attached hydrogens (tertiary/aromatic N) is 3. The van der Waals surface area contributed by atoms with E-state index in [4.69, 9.17) is 9.47 Å². The van der Waals surface area contributed by atoms with E-state index in [-0.39, 0.29) is 12.3 Å². The van der Waals surface area contributed by atoms with Crippen molar-refractivity contribution in [3.8, 4) is 5.75 Å². The molecule has 8 heteroatoms. The van der Waals surface area contributed by atoms with Crippen LogP contribution >= 0.6 is 11.3 Å². The summed E-state index contributed by atoms with van der Waals surface area (Å²) in [5.41, 5.74) is 1.09. The molecule has 2 aromatic heterocycles. The highest BCUT2D eigenvalue weighted by Crippen LogP contribution is 2.24. The van der Waals surface area contributed by atoms with Gasteiger partial charge in [0.05, 0.1) is 4.88 Å². The van der Waals surface area contributed by atoms with Gasteiger partial charge < -0.3 is 14.0 Å². The molecule has 26 heavy (non-hydrogen) atoms. The summed E-state index contributed by atoms with van der Waals surface area (Å²) in [6.07, 6.45) is 2.93. The summed E-state index contributed by atoms with van der Waals surface area (Å²) in [5.74, 6) is 1.02. The first-order valence-electron chi connectivity index (χ1n) is 7.75. The van der Waals surface area contributed by atoms with E-state index in [0.717, 1.165) is 15.3 Å². The van der Waals surface area contributed by atoms with E-state index in [1.807, 2.05) is 31.2 Å². The van der Waals surface area contributed by atoms with Gasteiger partial charge in [-0.3, -0.25) is 0 Å². The lowest BCUT2D eigenvalue weighted by molar-refractivity contribution is -0.129. The second kappa shape index (κ2) is 6.93. The Bertz CT molecular complexity index is 988. The Kier molecular flexibility index (Phi) is 4.32. The molecule has 0 spiro atoms. The third kappa shape index (κ3) is 3.55. The molecular weight excluding hydrogens is 354 g/mol. The lowest BCUT2D eigenvalue weighted by atomic mass is 10.2.